The molecule has 0 spiro atoms. The Hall–Kier alpha value is -2.67. The summed E-state index contributed by atoms with van der Waals surface area (Å²) in [7, 11) is -3.81. The van der Waals surface area contributed by atoms with Crippen LogP contribution >= 0.6 is 0 Å². The van der Waals surface area contributed by atoms with Crippen molar-refractivity contribution in [2.24, 2.45) is 11.7 Å². The number of ether oxygens (including phenoxy) is 1. The maximum Gasteiger partial charge on any atom is 0.408 e. The first-order valence-electron chi connectivity index (χ1n) is 13.8. The fraction of sp³-hybridized carbons (Fsp3) is 0.769. The lowest BCUT2D eigenvalue weighted by Crippen LogP contribution is -2.58. The molecule has 0 aromatic rings. The fourth-order valence-electron chi connectivity index (χ4n) is 5.28. The van der Waals surface area contributed by atoms with Crippen molar-refractivity contribution in [2.75, 3.05) is 6.54 Å². The molecular formula is C26H41N5O7S. The van der Waals surface area contributed by atoms with Crippen LogP contribution in [0.4, 0.5) is 4.79 Å². The SMILES string of the molecule is CC(C)(C)OC(=O)N[C@H]1CCCCC/C=C\[C@@H]2C[C@@]2(C(=O)NS(=O)(=O)C2CC2)NC(=O)[C@@H]2C[C@@H](N)CN2C1=O. The van der Waals surface area contributed by atoms with E-state index < -0.39 is 68.4 Å². The topological polar surface area (TPSA) is 177 Å². The molecule has 4 amide bonds. The average Bonchev–Trinajstić information content (AvgIpc) is 3.73. The van der Waals surface area contributed by atoms with Crippen molar-refractivity contribution in [3.05, 3.63) is 12.2 Å². The molecule has 0 bridgehead atoms. The number of carbonyl (C=O) groups excluding carboxylic acids is 4. The summed E-state index contributed by atoms with van der Waals surface area (Å²) >= 11 is 0. The van der Waals surface area contributed by atoms with Gasteiger partial charge in [0, 0.05) is 18.5 Å². The van der Waals surface area contributed by atoms with E-state index in [4.69, 9.17) is 10.5 Å². The first kappa shape index (κ1) is 29.3. The lowest BCUT2D eigenvalue weighted by atomic mass is 10.0. The molecule has 218 valence electrons. The Morgan fingerprint density at radius 1 is 1.15 bits per heavy atom. The van der Waals surface area contributed by atoms with Crippen LogP contribution in [0.25, 0.3) is 0 Å². The Morgan fingerprint density at radius 3 is 2.54 bits per heavy atom. The Kier molecular flexibility index (Phi) is 8.32. The largest absolute Gasteiger partial charge is 0.444 e. The molecule has 5 N–H and O–H groups in total. The van der Waals surface area contributed by atoms with Crippen molar-refractivity contribution in [1.29, 1.82) is 0 Å². The molecule has 2 saturated carbocycles. The maximum absolute atomic E-state index is 13.7. The van der Waals surface area contributed by atoms with Gasteiger partial charge in [-0.3, -0.25) is 19.1 Å². The van der Waals surface area contributed by atoms with Crippen LogP contribution in [0.2, 0.25) is 0 Å². The molecule has 0 unspecified atom stereocenters. The number of allylic oxidation sites excluding steroid dienone is 1. The quantitative estimate of drug-likeness (QED) is 0.361. The molecule has 4 aliphatic rings. The fourth-order valence-corrected chi connectivity index (χ4v) is 6.65. The predicted molar refractivity (Wildman–Crippen MR) is 143 cm³/mol. The van der Waals surface area contributed by atoms with Crippen LogP contribution in [0.15, 0.2) is 12.2 Å². The van der Waals surface area contributed by atoms with E-state index in [0.29, 0.717) is 25.7 Å². The van der Waals surface area contributed by atoms with E-state index in [1.54, 1.807) is 20.8 Å². The summed E-state index contributed by atoms with van der Waals surface area (Å²) in [5.74, 6) is -2.13. The zero-order chi connectivity index (χ0) is 28.6. The van der Waals surface area contributed by atoms with E-state index in [9.17, 15) is 27.6 Å². The molecule has 1 saturated heterocycles. The number of sulfonamides is 1. The van der Waals surface area contributed by atoms with E-state index in [-0.39, 0.29) is 25.3 Å². The van der Waals surface area contributed by atoms with Gasteiger partial charge in [0.05, 0.1) is 5.25 Å². The van der Waals surface area contributed by atoms with Gasteiger partial charge in [-0.1, -0.05) is 25.0 Å². The van der Waals surface area contributed by atoms with Crippen LogP contribution in [0.3, 0.4) is 0 Å². The van der Waals surface area contributed by atoms with Crippen LogP contribution in [0.1, 0.15) is 78.6 Å². The van der Waals surface area contributed by atoms with Gasteiger partial charge in [-0.25, -0.2) is 13.2 Å². The van der Waals surface area contributed by atoms with Crippen molar-refractivity contribution in [3.8, 4) is 0 Å². The molecular weight excluding hydrogens is 526 g/mol. The minimum atomic E-state index is -3.81. The van der Waals surface area contributed by atoms with Crippen LogP contribution in [0.5, 0.6) is 0 Å². The average molecular weight is 568 g/mol. The summed E-state index contributed by atoms with van der Waals surface area (Å²) in [5, 5.41) is 4.88. The smallest absolute Gasteiger partial charge is 0.408 e. The third kappa shape index (κ3) is 7.10. The molecule has 13 heteroatoms. The first-order valence-corrected chi connectivity index (χ1v) is 15.4. The molecule has 5 atom stereocenters. The second kappa shape index (κ2) is 11.1. The summed E-state index contributed by atoms with van der Waals surface area (Å²) < 4.78 is 32.5. The monoisotopic (exact) mass is 567 g/mol. The van der Waals surface area contributed by atoms with Gasteiger partial charge in [0.25, 0.3) is 5.91 Å². The van der Waals surface area contributed by atoms with Crippen molar-refractivity contribution < 1.29 is 32.3 Å². The normalized spacial score (nSPS) is 33.0. The summed E-state index contributed by atoms with van der Waals surface area (Å²) in [4.78, 5) is 54.4. The Balaban J connectivity index is 1.57. The molecule has 2 heterocycles. The van der Waals surface area contributed by atoms with Gasteiger partial charge in [0.2, 0.25) is 21.8 Å². The minimum Gasteiger partial charge on any atom is -0.444 e. The minimum absolute atomic E-state index is 0.113. The number of alkyl carbamates (subject to hydrolysis) is 1. The highest BCUT2D eigenvalue weighted by Crippen LogP contribution is 2.46. The lowest BCUT2D eigenvalue weighted by molar-refractivity contribution is -0.141. The molecule has 2 aliphatic heterocycles. The highest BCUT2D eigenvalue weighted by atomic mass is 32.2. The molecule has 0 radical (unpaired) electrons. The number of amides is 4. The summed E-state index contributed by atoms with van der Waals surface area (Å²) in [6.45, 7) is 5.30. The molecule has 4 rings (SSSR count). The third-order valence-corrected chi connectivity index (χ3v) is 9.42. The molecule has 39 heavy (non-hydrogen) atoms. The maximum atomic E-state index is 13.7. The molecule has 3 fully saturated rings. The zero-order valence-electron chi connectivity index (χ0n) is 22.9. The standard InChI is InChI=1S/C26H41N5O7S/c1-25(2,3)38-24(35)28-19-10-8-6-4-5-7-9-16-14-26(16,23(34)30-39(36,37)18-11-12-18)29-21(32)20-13-17(27)15-31(20)22(19)33/h7,9,16-20H,4-6,8,10-15,27H2,1-3H3,(H,28,35)(H,29,32)(H,30,34)/b9-7-/t16-,17-,19+,20+,26-/m1/s1. The number of hydrogen-bond acceptors (Lipinski definition) is 8. The Morgan fingerprint density at radius 2 is 1.87 bits per heavy atom. The van der Waals surface area contributed by atoms with Crippen LogP contribution in [-0.2, 0) is 29.1 Å². The molecule has 0 aromatic heterocycles. The van der Waals surface area contributed by atoms with E-state index in [1.807, 2.05) is 12.2 Å². The highest BCUT2D eigenvalue weighted by molar-refractivity contribution is 7.91. The number of hydrogen-bond donors (Lipinski definition) is 4. The number of carbonyl (C=O) groups is 4. The second-order valence-corrected chi connectivity index (χ2v) is 14.2. The van der Waals surface area contributed by atoms with Crippen molar-refractivity contribution in [2.45, 2.75) is 113 Å². The van der Waals surface area contributed by atoms with Gasteiger partial charge in [-0.05, 0) is 65.7 Å². The van der Waals surface area contributed by atoms with E-state index in [2.05, 4.69) is 15.4 Å². The van der Waals surface area contributed by atoms with Gasteiger partial charge in [-0.15, -0.1) is 0 Å². The molecule has 2 aliphatic carbocycles. The van der Waals surface area contributed by atoms with Crippen LogP contribution < -0.4 is 21.1 Å². The first-order chi connectivity index (χ1) is 18.2. The van der Waals surface area contributed by atoms with Crippen molar-refractivity contribution >= 4 is 33.8 Å². The number of nitrogens with zero attached hydrogens (tertiary/aromatic N) is 1. The second-order valence-electron chi connectivity index (χ2n) is 12.2. The summed E-state index contributed by atoms with van der Waals surface area (Å²) in [6, 6.07) is -2.34. The molecule has 12 nitrogen and oxygen atoms in total. The number of nitrogens with two attached hydrogens (primary N) is 1. The van der Waals surface area contributed by atoms with Crippen molar-refractivity contribution in [3.63, 3.8) is 0 Å². The van der Waals surface area contributed by atoms with E-state index in [0.717, 1.165) is 19.3 Å². The number of nitrogens with one attached hydrogen (secondary N) is 3. The van der Waals surface area contributed by atoms with E-state index in [1.165, 1.54) is 4.90 Å². The number of fused-ring (bicyclic) bond motifs is 2. The summed E-state index contributed by atoms with van der Waals surface area (Å²) in [6.07, 6.45) is 7.92. The van der Waals surface area contributed by atoms with Gasteiger partial charge < -0.3 is 26.0 Å². The summed E-state index contributed by atoms with van der Waals surface area (Å²) in [5.41, 5.74) is 4.01. The van der Waals surface area contributed by atoms with Gasteiger partial charge >= 0.3 is 6.09 Å². The van der Waals surface area contributed by atoms with Gasteiger partial charge in [0.15, 0.2) is 0 Å². The predicted octanol–water partition coefficient (Wildman–Crippen LogP) is 0.812. The highest BCUT2D eigenvalue weighted by Gasteiger charge is 2.62. The molecule has 0 aromatic carbocycles. The van der Waals surface area contributed by atoms with Crippen LogP contribution in [-0.4, -0.2) is 78.2 Å². The van der Waals surface area contributed by atoms with E-state index >= 15 is 0 Å². The lowest BCUT2D eigenvalue weighted by Gasteiger charge is -2.30. The Labute approximate surface area is 229 Å². The van der Waals surface area contributed by atoms with Gasteiger partial charge in [-0.2, -0.15) is 0 Å². The van der Waals surface area contributed by atoms with Crippen LogP contribution in [0, 0.1) is 5.92 Å². The number of rotatable bonds is 4. The third-order valence-electron chi connectivity index (χ3n) is 7.60. The van der Waals surface area contributed by atoms with Crippen molar-refractivity contribution in [1.82, 2.24) is 20.3 Å². The Bertz CT molecular complexity index is 1130. The van der Waals surface area contributed by atoms with Gasteiger partial charge in [0.1, 0.15) is 23.2 Å². The zero-order valence-corrected chi connectivity index (χ0v) is 23.7.